The van der Waals surface area contributed by atoms with Gasteiger partial charge < -0.3 is 10.1 Å². The van der Waals surface area contributed by atoms with Crippen molar-refractivity contribution in [2.75, 3.05) is 12.4 Å². The van der Waals surface area contributed by atoms with Crippen LogP contribution in [0, 0.1) is 0 Å². The molecule has 5 nitrogen and oxygen atoms in total. The SMILES string of the molecule is COC(=O)c1cccc(NCc2cncnc2)c1. The lowest BCUT2D eigenvalue weighted by molar-refractivity contribution is 0.0601. The van der Waals surface area contributed by atoms with E-state index in [9.17, 15) is 4.79 Å². The van der Waals surface area contributed by atoms with Crippen molar-refractivity contribution in [1.82, 2.24) is 9.97 Å². The molecule has 0 fully saturated rings. The predicted molar refractivity (Wildman–Crippen MR) is 67.1 cm³/mol. The minimum atomic E-state index is -0.346. The van der Waals surface area contributed by atoms with Gasteiger partial charge in [-0.1, -0.05) is 6.07 Å². The maximum atomic E-state index is 11.4. The first-order valence-corrected chi connectivity index (χ1v) is 5.46. The fourth-order valence-corrected chi connectivity index (χ4v) is 1.50. The van der Waals surface area contributed by atoms with E-state index in [2.05, 4.69) is 20.0 Å². The van der Waals surface area contributed by atoms with E-state index >= 15 is 0 Å². The highest BCUT2D eigenvalue weighted by molar-refractivity contribution is 5.90. The van der Waals surface area contributed by atoms with Gasteiger partial charge in [0.25, 0.3) is 0 Å². The van der Waals surface area contributed by atoms with Gasteiger partial charge in [-0.25, -0.2) is 14.8 Å². The number of nitrogens with one attached hydrogen (secondary N) is 1. The summed E-state index contributed by atoms with van der Waals surface area (Å²) in [6.45, 7) is 0.603. The van der Waals surface area contributed by atoms with Crippen LogP contribution >= 0.6 is 0 Å². The Morgan fingerprint density at radius 2 is 2.11 bits per heavy atom. The molecule has 18 heavy (non-hydrogen) atoms. The molecule has 0 spiro atoms. The fraction of sp³-hybridized carbons (Fsp3) is 0.154. The molecule has 0 unspecified atom stereocenters. The van der Waals surface area contributed by atoms with Crippen LogP contribution < -0.4 is 5.32 Å². The molecule has 0 saturated heterocycles. The average Bonchev–Trinajstić information content (AvgIpc) is 2.45. The van der Waals surface area contributed by atoms with Crippen LogP contribution in [0.1, 0.15) is 15.9 Å². The van der Waals surface area contributed by atoms with E-state index in [1.807, 2.05) is 6.07 Å². The zero-order chi connectivity index (χ0) is 12.8. The van der Waals surface area contributed by atoms with E-state index < -0.39 is 0 Å². The van der Waals surface area contributed by atoms with Gasteiger partial charge in [0.2, 0.25) is 0 Å². The van der Waals surface area contributed by atoms with Crippen molar-refractivity contribution in [2.24, 2.45) is 0 Å². The molecule has 0 atom stereocenters. The molecule has 0 saturated carbocycles. The Morgan fingerprint density at radius 3 is 2.83 bits per heavy atom. The number of nitrogens with zero attached hydrogens (tertiary/aromatic N) is 2. The topological polar surface area (TPSA) is 64.1 Å². The van der Waals surface area contributed by atoms with Gasteiger partial charge in [0, 0.05) is 30.2 Å². The summed E-state index contributed by atoms with van der Waals surface area (Å²) in [6.07, 6.45) is 4.97. The number of esters is 1. The molecule has 0 amide bonds. The zero-order valence-corrected chi connectivity index (χ0v) is 9.96. The van der Waals surface area contributed by atoms with Crippen molar-refractivity contribution < 1.29 is 9.53 Å². The number of carbonyl (C=O) groups excluding carboxylic acids is 1. The highest BCUT2D eigenvalue weighted by atomic mass is 16.5. The van der Waals surface area contributed by atoms with Crippen LogP contribution in [-0.4, -0.2) is 23.0 Å². The largest absolute Gasteiger partial charge is 0.465 e. The molecule has 2 aromatic rings. The van der Waals surface area contributed by atoms with E-state index in [1.165, 1.54) is 13.4 Å². The molecule has 0 aliphatic carbocycles. The number of ether oxygens (including phenoxy) is 1. The molecule has 5 heteroatoms. The molecule has 0 radical (unpaired) electrons. The van der Waals surface area contributed by atoms with E-state index in [0.717, 1.165) is 11.3 Å². The maximum Gasteiger partial charge on any atom is 0.337 e. The number of benzene rings is 1. The Balaban J connectivity index is 2.04. The second-order valence-corrected chi connectivity index (χ2v) is 3.67. The summed E-state index contributed by atoms with van der Waals surface area (Å²) in [5, 5.41) is 3.19. The summed E-state index contributed by atoms with van der Waals surface area (Å²) in [5.41, 5.74) is 2.34. The number of aromatic nitrogens is 2. The highest BCUT2D eigenvalue weighted by Crippen LogP contribution is 2.12. The summed E-state index contributed by atoms with van der Waals surface area (Å²) in [4.78, 5) is 19.2. The Labute approximate surface area is 105 Å². The monoisotopic (exact) mass is 243 g/mol. The lowest BCUT2D eigenvalue weighted by Crippen LogP contribution is -2.04. The van der Waals surface area contributed by atoms with Gasteiger partial charge in [-0.05, 0) is 18.2 Å². The van der Waals surface area contributed by atoms with Gasteiger partial charge in [0.05, 0.1) is 12.7 Å². The summed E-state index contributed by atoms with van der Waals surface area (Å²) in [5.74, 6) is -0.346. The minimum absolute atomic E-state index is 0.346. The standard InChI is InChI=1S/C13H13N3O2/c1-18-13(17)11-3-2-4-12(5-11)16-8-10-6-14-9-15-7-10/h2-7,9,16H,8H2,1H3. The molecule has 92 valence electrons. The van der Waals surface area contributed by atoms with E-state index in [0.29, 0.717) is 12.1 Å². The Kier molecular flexibility index (Phi) is 3.86. The summed E-state index contributed by atoms with van der Waals surface area (Å²) in [7, 11) is 1.36. The first kappa shape index (κ1) is 12.0. The van der Waals surface area contributed by atoms with Gasteiger partial charge in [0.1, 0.15) is 6.33 Å². The molecule has 0 bridgehead atoms. The van der Waals surface area contributed by atoms with Gasteiger partial charge in [0.15, 0.2) is 0 Å². The summed E-state index contributed by atoms with van der Waals surface area (Å²) in [6, 6.07) is 7.14. The first-order valence-electron chi connectivity index (χ1n) is 5.46. The van der Waals surface area contributed by atoms with Crippen LogP contribution in [0.25, 0.3) is 0 Å². The fourth-order valence-electron chi connectivity index (χ4n) is 1.50. The molecule has 1 heterocycles. The first-order chi connectivity index (χ1) is 8.79. The minimum Gasteiger partial charge on any atom is -0.465 e. The maximum absolute atomic E-state index is 11.4. The Hall–Kier alpha value is -2.43. The molecule has 1 aromatic carbocycles. The number of rotatable bonds is 4. The normalized spacial score (nSPS) is 9.83. The van der Waals surface area contributed by atoms with Crippen molar-refractivity contribution in [2.45, 2.75) is 6.54 Å². The lowest BCUT2D eigenvalue weighted by Gasteiger charge is -2.07. The van der Waals surface area contributed by atoms with Crippen molar-refractivity contribution >= 4 is 11.7 Å². The summed E-state index contributed by atoms with van der Waals surface area (Å²) < 4.78 is 4.67. The number of methoxy groups -OCH3 is 1. The smallest absolute Gasteiger partial charge is 0.337 e. The third-order valence-corrected chi connectivity index (χ3v) is 2.39. The predicted octanol–water partition coefficient (Wildman–Crippen LogP) is 1.88. The molecule has 1 N–H and O–H groups in total. The zero-order valence-electron chi connectivity index (χ0n) is 9.96. The van der Waals surface area contributed by atoms with Crippen LogP contribution in [0.5, 0.6) is 0 Å². The molecular weight excluding hydrogens is 230 g/mol. The highest BCUT2D eigenvalue weighted by Gasteiger charge is 2.05. The lowest BCUT2D eigenvalue weighted by atomic mass is 10.2. The van der Waals surface area contributed by atoms with Gasteiger partial charge in [-0.3, -0.25) is 0 Å². The van der Waals surface area contributed by atoms with Crippen LogP contribution in [0.2, 0.25) is 0 Å². The number of anilines is 1. The quantitative estimate of drug-likeness (QED) is 0.830. The van der Waals surface area contributed by atoms with Crippen molar-refractivity contribution in [3.8, 4) is 0 Å². The molecular formula is C13H13N3O2. The summed E-state index contributed by atoms with van der Waals surface area (Å²) >= 11 is 0. The molecule has 0 aliphatic heterocycles. The third-order valence-electron chi connectivity index (χ3n) is 2.39. The third kappa shape index (κ3) is 3.04. The second kappa shape index (κ2) is 5.77. The average molecular weight is 243 g/mol. The second-order valence-electron chi connectivity index (χ2n) is 3.67. The van der Waals surface area contributed by atoms with Crippen molar-refractivity contribution in [3.63, 3.8) is 0 Å². The van der Waals surface area contributed by atoms with E-state index in [1.54, 1.807) is 30.6 Å². The number of hydrogen-bond donors (Lipinski definition) is 1. The van der Waals surface area contributed by atoms with Gasteiger partial charge in [-0.2, -0.15) is 0 Å². The van der Waals surface area contributed by atoms with Gasteiger partial charge in [-0.15, -0.1) is 0 Å². The van der Waals surface area contributed by atoms with Crippen molar-refractivity contribution in [1.29, 1.82) is 0 Å². The number of carbonyl (C=O) groups is 1. The van der Waals surface area contributed by atoms with E-state index in [4.69, 9.17) is 0 Å². The molecule has 0 aliphatic rings. The van der Waals surface area contributed by atoms with Crippen LogP contribution in [0.3, 0.4) is 0 Å². The Morgan fingerprint density at radius 1 is 1.33 bits per heavy atom. The molecule has 2 rings (SSSR count). The van der Waals surface area contributed by atoms with Gasteiger partial charge >= 0.3 is 5.97 Å². The Bertz CT molecular complexity index is 529. The van der Waals surface area contributed by atoms with E-state index in [-0.39, 0.29) is 5.97 Å². The van der Waals surface area contributed by atoms with Crippen LogP contribution in [0.15, 0.2) is 43.0 Å². The molecule has 1 aromatic heterocycles. The number of hydrogen-bond acceptors (Lipinski definition) is 5. The van der Waals surface area contributed by atoms with Crippen LogP contribution in [-0.2, 0) is 11.3 Å². The van der Waals surface area contributed by atoms with Crippen LogP contribution in [0.4, 0.5) is 5.69 Å². The van der Waals surface area contributed by atoms with Crippen molar-refractivity contribution in [3.05, 3.63) is 54.1 Å².